The monoisotopic (exact) mass is 578 g/mol. The van der Waals surface area contributed by atoms with Gasteiger partial charge in [0.05, 0.1) is 19.5 Å². The molecule has 0 spiro atoms. The number of hydrogen-bond donors (Lipinski definition) is 3. The van der Waals surface area contributed by atoms with Crippen LogP contribution in [0.3, 0.4) is 0 Å². The Balaban J connectivity index is 1.69. The quantitative estimate of drug-likeness (QED) is 0.158. The van der Waals surface area contributed by atoms with E-state index in [1.807, 2.05) is 55.5 Å². The lowest BCUT2D eigenvalue weighted by Crippen LogP contribution is -2.69. The van der Waals surface area contributed by atoms with Crippen LogP contribution in [0.4, 0.5) is 10.7 Å². The summed E-state index contributed by atoms with van der Waals surface area (Å²) in [4.78, 5) is 49.9. The molecule has 4 N–H and O–H groups in total. The van der Waals surface area contributed by atoms with Crippen molar-refractivity contribution in [2.45, 2.75) is 58.5 Å². The average molecular weight is 579 g/mol. The smallest absolute Gasteiger partial charge is 0.410 e. The molecule has 4 rings (SSSR count). The van der Waals surface area contributed by atoms with Crippen molar-refractivity contribution in [3.05, 3.63) is 88.5 Å². The van der Waals surface area contributed by atoms with E-state index in [9.17, 15) is 14.4 Å². The molecule has 222 valence electrons. The number of hydrogen-bond acceptors (Lipinski definition) is 10. The van der Waals surface area contributed by atoms with E-state index in [4.69, 9.17) is 24.7 Å². The maximum atomic E-state index is 13.8. The van der Waals surface area contributed by atoms with Crippen LogP contribution in [0, 0.1) is 0 Å². The summed E-state index contributed by atoms with van der Waals surface area (Å²) < 4.78 is 24.8. The first kappa shape index (κ1) is 30.2. The number of alkyl carbamates (subject to hydrolysis) is 1. The number of nitrogen functional groups attached to an aromatic ring is 1. The highest BCUT2D eigenvalue weighted by Crippen LogP contribution is 2.32. The fourth-order valence-corrected chi connectivity index (χ4v) is 4.09. The van der Waals surface area contributed by atoms with Crippen LogP contribution in [0.25, 0.3) is 11.2 Å². The third-order valence-electron chi connectivity index (χ3n) is 6.42. The number of fused-ring (bicyclic) bond motifs is 1. The van der Waals surface area contributed by atoms with Gasteiger partial charge in [-0.05, 0) is 31.4 Å². The van der Waals surface area contributed by atoms with Crippen LogP contribution in [0.15, 0.2) is 71.8 Å². The maximum Gasteiger partial charge on any atom is 0.410 e. The van der Waals surface area contributed by atoms with Gasteiger partial charge < -0.3 is 24.7 Å². The van der Waals surface area contributed by atoms with Gasteiger partial charge in [-0.1, -0.05) is 67.6 Å². The summed E-state index contributed by atoms with van der Waals surface area (Å²) in [6, 6.07) is 18.4. The predicted octanol–water partition coefficient (Wildman–Crippen LogP) is 3.25. The van der Waals surface area contributed by atoms with E-state index in [0.717, 1.165) is 11.1 Å². The summed E-state index contributed by atoms with van der Waals surface area (Å²) in [5.74, 6) is -1.04. The zero-order chi connectivity index (χ0) is 30.2. The van der Waals surface area contributed by atoms with Gasteiger partial charge in [-0.25, -0.2) is 14.6 Å². The number of carbonyl (C=O) groups excluding carboxylic acids is 2. The summed E-state index contributed by atoms with van der Waals surface area (Å²) in [6.45, 7) is 4.70. The first-order chi connectivity index (χ1) is 20.1. The predicted molar refractivity (Wildman–Crippen MR) is 153 cm³/mol. The molecule has 1 amide bonds. The Hall–Kier alpha value is -4.75. The van der Waals surface area contributed by atoms with Crippen molar-refractivity contribution in [2.75, 3.05) is 12.3 Å². The van der Waals surface area contributed by atoms with E-state index in [1.165, 1.54) is 10.9 Å². The molecule has 0 saturated heterocycles. The molecule has 13 nitrogen and oxygen atoms in total. The maximum absolute atomic E-state index is 13.8. The Morgan fingerprint density at radius 3 is 2.26 bits per heavy atom. The summed E-state index contributed by atoms with van der Waals surface area (Å²) in [7, 11) is 0. The molecule has 0 saturated carbocycles. The van der Waals surface area contributed by atoms with Crippen LogP contribution >= 0.6 is 0 Å². The zero-order valence-electron chi connectivity index (χ0n) is 23.7. The fourth-order valence-electron chi connectivity index (χ4n) is 4.09. The minimum Gasteiger partial charge on any atom is -0.462 e. The van der Waals surface area contributed by atoms with E-state index in [1.54, 1.807) is 26.0 Å². The number of nitrogens with two attached hydrogens (primary N) is 1. The molecular formula is C29H34N6O7. The van der Waals surface area contributed by atoms with Crippen molar-refractivity contribution in [3.8, 4) is 0 Å². The second-order valence-corrected chi connectivity index (χ2v) is 9.90. The molecule has 4 aromatic rings. The first-order valence-electron chi connectivity index (χ1n) is 13.3. The highest BCUT2D eigenvalue weighted by molar-refractivity contribution is 5.86. The van der Waals surface area contributed by atoms with E-state index in [2.05, 4.69) is 20.3 Å². The number of rotatable bonds is 13. The topological polar surface area (TPSA) is 173 Å². The molecule has 0 aliphatic carbocycles. The van der Waals surface area contributed by atoms with Gasteiger partial charge >= 0.3 is 12.1 Å². The summed E-state index contributed by atoms with van der Waals surface area (Å²) >= 11 is 0. The Morgan fingerprint density at radius 1 is 0.976 bits per heavy atom. The minimum absolute atomic E-state index is 0.0155. The number of esters is 1. The average Bonchev–Trinajstić information content (AvgIpc) is 3.40. The molecule has 2 aromatic carbocycles. The van der Waals surface area contributed by atoms with Gasteiger partial charge in [-0.15, -0.1) is 0 Å². The Labute approximate surface area is 242 Å². The van der Waals surface area contributed by atoms with Crippen molar-refractivity contribution in [1.29, 1.82) is 0 Å². The molecule has 0 aliphatic rings. The molecule has 0 unspecified atom stereocenters. The largest absolute Gasteiger partial charge is 0.462 e. The van der Waals surface area contributed by atoms with Gasteiger partial charge in [0.2, 0.25) is 5.95 Å². The van der Waals surface area contributed by atoms with Crippen LogP contribution in [0.1, 0.15) is 38.3 Å². The number of aromatic amines is 1. The second-order valence-electron chi connectivity index (χ2n) is 9.90. The van der Waals surface area contributed by atoms with Crippen molar-refractivity contribution in [1.82, 2.24) is 24.8 Å². The number of imidazole rings is 1. The number of anilines is 1. The molecule has 0 aliphatic heterocycles. The van der Waals surface area contributed by atoms with Gasteiger partial charge in [0.25, 0.3) is 11.3 Å². The van der Waals surface area contributed by atoms with Gasteiger partial charge in [-0.3, -0.25) is 19.7 Å². The lowest BCUT2D eigenvalue weighted by atomic mass is 9.93. The van der Waals surface area contributed by atoms with Crippen LogP contribution in [-0.2, 0) is 43.7 Å². The van der Waals surface area contributed by atoms with E-state index < -0.39 is 35.7 Å². The number of nitrogens with one attached hydrogen (secondary N) is 2. The van der Waals surface area contributed by atoms with Crippen LogP contribution in [0.5, 0.6) is 0 Å². The number of benzene rings is 2. The van der Waals surface area contributed by atoms with Crippen molar-refractivity contribution in [2.24, 2.45) is 0 Å². The van der Waals surface area contributed by atoms with E-state index >= 15 is 0 Å². The SMILES string of the molecule is CCCOC(=O)[C@](NC(=O)OCc1ccccc1)(OCn1cnc2c(=O)[nH]c(N)nc21)C(C)(C)OCc1ccccc1. The van der Waals surface area contributed by atoms with Crippen LogP contribution in [0.2, 0.25) is 0 Å². The number of H-pyrrole nitrogens is 1. The lowest BCUT2D eigenvalue weighted by Gasteiger charge is -2.43. The van der Waals surface area contributed by atoms with Gasteiger partial charge in [0.1, 0.15) is 18.9 Å². The normalized spacial score (nSPS) is 12.9. The molecule has 0 bridgehead atoms. The number of amides is 1. The minimum atomic E-state index is -2.23. The molecule has 42 heavy (non-hydrogen) atoms. The third-order valence-corrected chi connectivity index (χ3v) is 6.42. The molecule has 13 heteroatoms. The Kier molecular flexibility index (Phi) is 9.55. The third kappa shape index (κ3) is 6.93. The molecular weight excluding hydrogens is 544 g/mol. The zero-order valence-corrected chi connectivity index (χ0v) is 23.7. The summed E-state index contributed by atoms with van der Waals surface area (Å²) in [6.07, 6.45) is 0.877. The lowest BCUT2D eigenvalue weighted by molar-refractivity contribution is -0.237. The molecule has 0 fully saturated rings. The molecule has 1 atom stereocenters. The molecule has 0 radical (unpaired) electrons. The highest BCUT2D eigenvalue weighted by Gasteiger charge is 2.57. The number of ether oxygens (including phenoxy) is 4. The Bertz CT molecular complexity index is 1560. The second kappa shape index (κ2) is 13.3. The Morgan fingerprint density at radius 2 is 1.62 bits per heavy atom. The molecule has 2 aromatic heterocycles. The van der Waals surface area contributed by atoms with Gasteiger partial charge in [0.15, 0.2) is 11.2 Å². The fraction of sp³-hybridized carbons (Fsp3) is 0.345. The van der Waals surface area contributed by atoms with Gasteiger partial charge in [0, 0.05) is 0 Å². The van der Waals surface area contributed by atoms with Crippen LogP contribution in [-0.4, -0.2) is 49.5 Å². The standard InChI is InChI=1S/C29H34N6O7/c1-4-15-39-25(37)29(28(2,3)41-17-21-13-9-6-10-14-21,34-27(38)40-16-20-11-7-5-8-12-20)42-19-35-18-31-22-23(35)32-26(30)33-24(22)36/h5-14,18H,4,15-17,19H2,1-3H3,(H,34,38)(H3,30,32,33,36)/t29-/m0/s1. The first-order valence-corrected chi connectivity index (χ1v) is 13.3. The van der Waals surface area contributed by atoms with Crippen LogP contribution < -0.4 is 16.6 Å². The summed E-state index contributed by atoms with van der Waals surface area (Å²) in [5.41, 5.74) is 3.13. The van der Waals surface area contributed by atoms with E-state index in [-0.39, 0.29) is 36.9 Å². The highest BCUT2D eigenvalue weighted by atomic mass is 16.6. The summed E-state index contributed by atoms with van der Waals surface area (Å²) in [5, 5.41) is 2.59. The number of carbonyl (C=O) groups is 2. The van der Waals surface area contributed by atoms with E-state index in [0.29, 0.717) is 6.42 Å². The van der Waals surface area contributed by atoms with Crippen molar-refractivity contribution >= 4 is 29.2 Å². The molecule has 2 heterocycles. The number of nitrogens with zero attached hydrogens (tertiary/aromatic N) is 3. The van der Waals surface area contributed by atoms with Crippen molar-refractivity contribution < 1.29 is 28.5 Å². The van der Waals surface area contributed by atoms with Crippen molar-refractivity contribution in [3.63, 3.8) is 0 Å². The van der Waals surface area contributed by atoms with Gasteiger partial charge in [-0.2, -0.15) is 4.98 Å². The number of aromatic nitrogens is 4.